The molecule has 21 heavy (non-hydrogen) atoms. The average molecular weight is 294 g/mol. The summed E-state index contributed by atoms with van der Waals surface area (Å²) in [7, 11) is 0. The van der Waals surface area contributed by atoms with E-state index in [1.807, 2.05) is 4.90 Å². The molecule has 0 aliphatic carbocycles. The van der Waals surface area contributed by atoms with E-state index in [4.69, 9.17) is 5.11 Å². The molecule has 0 saturated carbocycles. The average Bonchev–Trinajstić information content (AvgIpc) is 2.89. The molecule has 0 amide bonds. The van der Waals surface area contributed by atoms with Gasteiger partial charge in [-0.3, -0.25) is 19.3 Å². The lowest BCUT2D eigenvalue weighted by Crippen LogP contribution is -2.51. The number of aliphatic carboxylic acids is 1. The number of carboxylic acids is 1. The minimum Gasteiger partial charge on any atom is -0.480 e. The van der Waals surface area contributed by atoms with Crippen molar-refractivity contribution in [1.29, 1.82) is 0 Å². The molecule has 1 N–H and O–H groups in total. The smallest absolute Gasteiger partial charge is 0.320 e. The van der Waals surface area contributed by atoms with Crippen molar-refractivity contribution in [3.63, 3.8) is 0 Å². The van der Waals surface area contributed by atoms with Crippen LogP contribution in [0.1, 0.15) is 32.2 Å². The molecule has 1 unspecified atom stereocenters. The number of carbonyl (C=O) groups is 1. The predicted octanol–water partition coefficient (Wildman–Crippen LogP) is 1.06. The van der Waals surface area contributed by atoms with Crippen molar-refractivity contribution >= 4 is 5.97 Å². The second kappa shape index (κ2) is 7.04. The number of rotatable bonds is 6. The van der Waals surface area contributed by atoms with Gasteiger partial charge in [-0.05, 0) is 26.3 Å². The number of aromatic nitrogens is 2. The summed E-state index contributed by atoms with van der Waals surface area (Å²) in [6, 6.07) is 1.80. The molecule has 2 rings (SSSR count). The third-order valence-corrected chi connectivity index (χ3v) is 4.27. The Morgan fingerprint density at radius 3 is 2.52 bits per heavy atom. The second-order valence-corrected chi connectivity index (χ2v) is 5.62. The normalized spacial score (nSPS) is 18.8. The van der Waals surface area contributed by atoms with Gasteiger partial charge in [0, 0.05) is 39.3 Å². The van der Waals surface area contributed by atoms with Crippen LogP contribution >= 0.6 is 0 Å². The Kier molecular flexibility index (Phi) is 5.36. The molecule has 1 saturated heterocycles. The Bertz CT molecular complexity index is 478. The Labute approximate surface area is 126 Å². The maximum atomic E-state index is 11.0. The Balaban J connectivity index is 1.91. The van der Waals surface area contributed by atoms with Crippen LogP contribution in [0.4, 0.5) is 0 Å². The van der Waals surface area contributed by atoms with Crippen LogP contribution in [-0.2, 0) is 24.3 Å². The van der Waals surface area contributed by atoms with Gasteiger partial charge >= 0.3 is 5.97 Å². The largest absolute Gasteiger partial charge is 0.480 e. The lowest BCUT2D eigenvalue weighted by molar-refractivity contribution is -0.143. The summed E-state index contributed by atoms with van der Waals surface area (Å²) >= 11 is 0. The van der Waals surface area contributed by atoms with Crippen molar-refractivity contribution in [2.75, 3.05) is 26.2 Å². The van der Waals surface area contributed by atoms with Crippen molar-refractivity contribution < 1.29 is 9.90 Å². The Morgan fingerprint density at radius 1 is 1.33 bits per heavy atom. The van der Waals surface area contributed by atoms with E-state index < -0.39 is 5.97 Å². The molecule has 0 aromatic carbocycles. The van der Waals surface area contributed by atoms with E-state index in [1.54, 1.807) is 6.92 Å². The van der Waals surface area contributed by atoms with E-state index in [9.17, 15) is 4.79 Å². The van der Waals surface area contributed by atoms with Gasteiger partial charge in [0.1, 0.15) is 6.04 Å². The number of hydrogen-bond acceptors (Lipinski definition) is 4. The molecule has 2 heterocycles. The highest BCUT2D eigenvalue weighted by atomic mass is 16.4. The Morgan fingerprint density at radius 2 is 2.00 bits per heavy atom. The number of aryl methyl sites for hydroxylation is 2. The first-order valence-electron chi connectivity index (χ1n) is 7.80. The zero-order chi connectivity index (χ0) is 15.4. The maximum absolute atomic E-state index is 11.0. The topological polar surface area (TPSA) is 61.6 Å². The van der Waals surface area contributed by atoms with E-state index >= 15 is 0 Å². The van der Waals surface area contributed by atoms with Gasteiger partial charge in [-0.25, -0.2) is 0 Å². The number of carboxylic acid groups (broad SMARTS) is 1. The molecule has 1 fully saturated rings. The van der Waals surface area contributed by atoms with Crippen LogP contribution in [0.3, 0.4) is 0 Å². The lowest BCUT2D eigenvalue weighted by Gasteiger charge is -2.36. The molecule has 0 bridgehead atoms. The quantitative estimate of drug-likeness (QED) is 0.850. The molecule has 0 spiro atoms. The summed E-state index contributed by atoms with van der Waals surface area (Å²) < 4.78 is 2.07. The summed E-state index contributed by atoms with van der Waals surface area (Å²) in [6.45, 7) is 11.2. The van der Waals surface area contributed by atoms with Crippen molar-refractivity contribution in [1.82, 2.24) is 19.6 Å². The van der Waals surface area contributed by atoms with Gasteiger partial charge in [-0.15, -0.1) is 0 Å². The highest BCUT2D eigenvalue weighted by molar-refractivity contribution is 5.72. The molecular weight excluding hydrogens is 268 g/mol. The van der Waals surface area contributed by atoms with Gasteiger partial charge in [0.25, 0.3) is 0 Å². The highest BCUT2D eigenvalue weighted by Crippen LogP contribution is 2.12. The van der Waals surface area contributed by atoms with Crippen LogP contribution in [0.15, 0.2) is 6.07 Å². The van der Waals surface area contributed by atoms with Crippen molar-refractivity contribution in [2.24, 2.45) is 0 Å². The fourth-order valence-electron chi connectivity index (χ4n) is 2.78. The van der Waals surface area contributed by atoms with E-state index in [-0.39, 0.29) is 6.04 Å². The first-order valence-corrected chi connectivity index (χ1v) is 7.80. The minimum atomic E-state index is -0.736. The zero-order valence-corrected chi connectivity index (χ0v) is 13.2. The van der Waals surface area contributed by atoms with Gasteiger partial charge in [0.05, 0.1) is 11.4 Å². The third-order valence-electron chi connectivity index (χ3n) is 4.27. The van der Waals surface area contributed by atoms with E-state index in [0.29, 0.717) is 0 Å². The molecule has 1 aliphatic heterocycles. The van der Waals surface area contributed by atoms with Gasteiger partial charge in [-0.1, -0.05) is 6.92 Å². The SMILES string of the molecule is CCc1cc(CN2CCN(C(C)C(=O)O)CC2)n(CC)n1. The van der Waals surface area contributed by atoms with Crippen molar-refractivity contribution in [2.45, 2.75) is 46.3 Å². The van der Waals surface area contributed by atoms with Crippen LogP contribution in [0.5, 0.6) is 0 Å². The fraction of sp³-hybridized carbons (Fsp3) is 0.733. The molecule has 118 valence electrons. The van der Waals surface area contributed by atoms with Crippen LogP contribution in [0, 0.1) is 0 Å². The van der Waals surface area contributed by atoms with E-state index in [2.05, 4.69) is 34.6 Å². The van der Waals surface area contributed by atoms with Gasteiger partial charge < -0.3 is 5.11 Å². The van der Waals surface area contributed by atoms with Crippen LogP contribution < -0.4 is 0 Å². The fourth-order valence-corrected chi connectivity index (χ4v) is 2.78. The molecule has 0 radical (unpaired) electrons. The predicted molar refractivity (Wildman–Crippen MR) is 81.2 cm³/mol. The van der Waals surface area contributed by atoms with E-state index in [1.165, 1.54) is 5.69 Å². The molecule has 1 aromatic heterocycles. The van der Waals surface area contributed by atoms with Gasteiger partial charge in [0.2, 0.25) is 0 Å². The molecule has 1 atom stereocenters. The number of nitrogens with zero attached hydrogens (tertiary/aromatic N) is 4. The molecule has 1 aromatic rings. The molecular formula is C15H26N4O2. The van der Waals surface area contributed by atoms with Crippen LogP contribution in [0.2, 0.25) is 0 Å². The van der Waals surface area contributed by atoms with Crippen molar-refractivity contribution in [3.8, 4) is 0 Å². The zero-order valence-electron chi connectivity index (χ0n) is 13.2. The summed E-state index contributed by atoms with van der Waals surface area (Å²) in [4.78, 5) is 15.4. The first kappa shape index (κ1) is 16.0. The van der Waals surface area contributed by atoms with E-state index in [0.717, 1.165) is 51.4 Å². The van der Waals surface area contributed by atoms with Crippen LogP contribution in [-0.4, -0.2) is 62.9 Å². The molecule has 6 heteroatoms. The molecule has 6 nitrogen and oxygen atoms in total. The second-order valence-electron chi connectivity index (χ2n) is 5.62. The maximum Gasteiger partial charge on any atom is 0.320 e. The summed E-state index contributed by atoms with van der Waals surface area (Å²) in [6.07, 6.45) is 0.962. The van der Waals surface area contributed by atoms with Gasteiger partial charge in [-0.2, -0.15) is 5.10 Å². The summed E-state index contributed by atoms with van der Waals surface area (Å²) in [5, 5.41) is 13.6. The van der Waals surface area contributed by atoms with Gasteiger partial charge in [0.15, 0.2) is 0 Å². The number of hydrogen-bond donors (Lipinski definition) is 1. The summed E-state index contributed by atoms with van der Waals surface area (Å²) in [5.41, 5.74) is 2.40. The lowest BCUT2D eigenvalue weighted by atomic mass is 10.2. The monoisotopic (exact) mass is 294 g/mol. The number of piperazine rings is 1. The highest BCUT2D eigenvalue weighted by Gasteiger charge is 2.25. The first-order chi connectivity index (χ1) is 10.0. The molecule has 1 aliphatic rings. The van der Waals surface area contributed by atoms with Crippen molar-refractivity contribution in [3.05, 3.63) is 17.5 Å². The summed E-state index contributed by atoms with van der Waals surface area (Å²) in [5.74, 6) is -0.736. The Hall–Kier alpha value is -1.40. The minimum absolute atomic E-state index is 0.389. The van der Waals surface area contributed by atoms with Crippen LogP contribution in [0.25, 0.3) is 0 Å². The third kappa shape index (κ3) is 3.83. The standard InChI is InChI=1S/C15H26N4O2/c1-4-13-10-14(19(5-2)16-13)11-17-6-8-18(9-7-17)12(3)15(20)21/h10,12H,4-9,11H2,1-3H3,(H,20,21).